The number of rotatable bonds is 1. The second kappa shape index (κ2) is 4.98. The van der Waals surface area contributed by atoms with Gasteiger partial charge in [0.05, 0.1) is 5.92 Å². The Bertz CT molecular complexity index is 638. The summed E-state index contributed by atoms with van der Waals surface area (Å²) >= 11 is 0. The molecule has 0 atom stereocenters. The lowest BCUT2D eigenvalue weighted by atomic mass is 9.72. The van der Waals surface area contributed by atoms with Crippen LogP contribution < -0.4 is 5.73 Å². The summed E-state index contributed by atoms with van der Waals surface area (Å²) < 4.78 is 38.4. The highest BCUT2D eigenvalue weighted by Crippen LogP contribution is 2.45. The SMILES string of the molecule is NC1(c2cncc3ccccc23)CCC(C(F)(F)F)CC1. The highest BCUT2D eigenvalue weighted by molar-refractivity contribution is 5.85. The van der Waals surface area contributed by atoms with Crippen molar-refractivity contribution in [2.24, 2.45) is 11.7 Å². The average molecular weight is 294 g/mol. The first-order chi connectivity index (χ1) is 9.90. The van der Waals surface area contributed by atoms with E-state index in [0.717, 1.165) is 16.3 Å². The summed E-state index contributed by atoms with van der Waals surface area (Å²) in [6, 6.07) is 7.72. The Balaban J connectivity index is 1.93. The number of hydrogen-bond acceptors (Lipinski definition) is 2. The van der Waals surface area contributed by atoms with Gasteiger partial charge in [0, 0.05) is 23.3 Å². The summed E-state index contributed by atoms with van der Waals surface area (Å²) in [4.78, 5) is 4.20. The van der Waals surface area contributed by atoms with E-state index in [0.29, 0.717) is 12.8 Å². The Hall–Kier alpha value is -1.62. The zero-order valence-electron chi connectivity index (χ0n) is 11.5. The lowest BCUT2D eigenvalue weighted by molar-refractivity contribution is -0.184. The molecule has 3 rings (SSSR count). The quantitative estimate of drug-likeness (QED) is 0.858. The van der Waals surface area contributed by atoms with E-state index in [1.54, 1.807) is 12.4 Å². The van der Waals surface area contributed by atoms with E-state index in [1.807, 2.05) is 24.3 Å². The number of hydrogen-bond donors (Lipinski definition) is 1. The molecule has 0 bridgehead atoms. The summed E-state index contributed by atoms with van der Waals surface area (Å²) in [6.45, 7) is 0. The number of aromatic nitrogens is 1. The molecule has 0 aliphatic heterocycles. The smallest absolute Gasteiger partial charge is 0.321 e. The molecule has 0 unspecified atom stereocenters. The molecule has 1 aliphatic rings. The lowest BCUT2D eigenvalue weighted by Crippen LogP contribution is -2.43. The standard InChI is InChI=1S/C16H17F3N2/c17-16(18,19)12-5-7-15(20,8-6-12)14-10-21-9-11-3-1-2-4-13(11)14/h1-4,9-10,12H,5-8,20H2. The molecule has 1 aromatic carbocycles. The predicted octanol–water partition coefficient (Wildman–Crippen LogP) is 4.14. The molecule has 1 heterocycles. The van der Waals surface area contributed by atoms with E-state index in [-0.39, 0.29) is 12.8 Å². The van der Waals surface area contributed by atoms with E-state index in [1.165, 1.54) is 0 Å². The molecule has 0 spiro atoms. The Morgan fingerprint density at radius 1 is 1.10 bits per heavy atom. The van der Waals surface area contributed by atoms with Crippen LogP contribution in [0.1, 0.15) is 31.2 Å². The van der Waals surface area contributed by atoms with Crippen LogP contribution in [0, 0.1) is 5.92 Å². The Labute approximate surface area is 121 Å². The Morgan fingerprint density at radius 3 is 2.43 bits per heavy atom. The zero-order chi connectivity index (χ0) is 15.1. The molecule has 5 heteroatoms. The van der Waals surface area contributed by atoms with Gasteiger partial charge < -0.3 is 5.73 Å². The monoisotopic (exact) mass is 294 g/mol. The molecule has 112 valence electrons. The van der Waals surface area contributed by atoms with Crippen LogP contribution in [-0.2, 0) is 5.54 Å². The van der Waals surface area contributed by atoms with Gasteiger partial charge in [0.2, 0.25) is 0 Å². The average Bonchev–Trinajstić information content (AvgIpc) is 2.46. The van der Waals surface area contributed by atoms with E-state index in [2.05, 4.69) is 4.98 Å². The normalized spacial score (nSPS) is 27.0. The summed E-state index contributed by atoms with van der Waals surface area (Å²) in [5.74, 6) is -1.22. The van der Waals surface area contributed by atoms with Crippen LogP contribution in [0.5, 0.6) is 0 Å². The highest BCUT2D eigenvalue weighted by atomic mass is 19.4. The molecular formula is C16H17F3N2. The van der Waals surface area contributed by atoms with Crippen molar-refractivity contribution in [3.8, 4) is 0 Å². The minimum atomic E-state index is -4.11. The van der Waals surface area contributed by atoms with Gasteiger partial charge in [-0.25, -0.2) is 0 Å². The van der Waals surface area contributed by atoms with Crippen molar-refractivity contribution in [3.05, 3.63) is 42.2 Å². The first-order valence-electron chi connectivity index (χ1n) is 7.09. The third-order valence-corrected chi connectivity index (χ3v) is 4.55. The van der Waals surface area contributed by atoms with E-state index in [9.17, 15) is 13.2 Å². The molecule has 1 saturated carbocycles. The van der Waals surface area contributed by atoms with Gasteiger partial charge in [-0.1, -0.05) is 24.3 Å². The molecule has 0 amide bonds. The van der Waals surface area contributed by atoms with Gasteiger partial charge in [-0.05, 0) is 36.6 Å². The van der Waals surface area contributed by atoms with Crippen molar-refractivity contribution in [1.82, 2.24) is 4.98 Å². The Morgan fingerprint density at radius 2 is 1.76 bits per heavy atom. The minimum Gasteiger partial charge on any atom is -0.321 e. The molecule has 0 radical (unpaired) electrons. The van der Waals surface area contributed by atoms with Gasteiger partial charge in [-0.2, -0.15) is 13.2 Å². The first-order valence-corrected chi connectivity index (χ1v) is 7.09. The third-order valence-electron chi connectivity index (χ3n) is 4.55. The second-order valence-electron chi connectivity index (χ2n) is 5.88. The van der Waals surface area contributed by atoms with Crippen LogP contribution in [0.15, 0.2) is 36.7 Å². The number of fused-ring (bicyclic) bond motifs is 1. The fourth-order valence-corrected chi connectivity index (χ4v) is 3.24. The maximum atomic E-state index is 12.8. The highest BCUT2D eigenvalue weighted by Gasteiger charge is 2.45. The third kappa shape index (κ3) is 2.62. The van der Waals surface area contributed by atoms with Gasteiger partial charge in [-0.3, -0.25) is 4.98 Å². The number of halogens is 3. The molecule has 2 N–H and O–H groups in total. The largest absolute Gasteiger partial charge is 0.391 e. The van der Waals surface area contributed by atoms with Gasteiger partial charge in [-0.15, -0.1) is 0 Å². The summed E-state index contributed by atoms with van der Waals surface area (Å²) in [5, 5.41) is 1.96. The summed E-state index contributed by atoms with van der Waals surface area (Å²) in [7, 11) is 0. The van der Waals surface area contributed by atoms with Gasteiger partial charge >= 0.3 is 6.18 Å². The maximum absolute atomic E-state index is 12.8. The van der Waals surface area contributed by atoms with Gasteiger partial charge in [0.25, 0.3) is 0 Å². The molecule has 0 saturated heterocycles. The maximum Gasteiger partial charge on any atom is 0.391 e. The van der Waals surface area contributed by atoms with Gasteiger partial charge in [0.1, 0.15) is 0 Å². The van der Waals surface area contributed by atoms with Crippen LogP contribution in [0.3, 0.4) is 0 Å². The molecule has 2 nitrogen and oxygen atoms in total. The van der Waals surface area contributed by atoms with Crippen LogP contribution >= 0.6 is 0 Å². The van der Waals surface area contributed by atoms with Crippen LogP contribution in [0.2, 0.25) is 0 Å². The van der Waals surface area contributed by atoms with Crippen molar-refractivity contribution in [3.63, 3.8) is 0 Å². The second-order valence-corrected chi connectivity index (χ2v) is 5.88. The van der Waals surface area contributed by atoms with Crippen molar-refractivity contribution >= 4 is 10.8 Å². The topological polar surface area (TPSA) is 38.9 Å². The molecule has 21 heavy (non-hydrogen) atoms. The van der Waals surface area contributed by atoms with Crippen molar-refractivity contribution < 1.29 is 13.2 Å². The number of alkyl halides is 3. The number of pyridine rings is 1. The van der Waals surface area contributed by atoms with E-state index >= 15 is 0 Å². The molecule has 2 aromatic rings. The van der Waals surface area contributed by atoms with Crippen LogP contribution in [-0.4, -0.2) is 11.2 Å². The van der Waals surface area contributed by atoms with E-state index < -0.39 is 17.6 Å². The van der Waals surface area contributed by atoms with Crippen molar-refractivity contribution in [1.29, 1.82) is 0 Å². The summed E-state index contributed by atoms with van der Waals surface area (Å²) in [6.07, 6.45) is 0.199. The molecule has 1 aliphatic carbocycles. The fourth-order valence-electron chi connectivity index (χ4n) is 3.24. The van der Waals surface area contributed by atoms with Crippen LogP contribution in [0.4, 0.5) is 13.2 Å². The zero-order valence-corrected chi connectivity index (χ0v) is 11.5. The van der Waals surface area contributed by atoms with Gasteiger partial charge in [0.15, 0.2) is 0 Å². The first kappa shape index (κ1) is 14.3. The number of benzene rings is 1. The van der Waals surface area contributed by atoms with Crippen molar-refractivity contribution in [2.45, 2.75) is 37.4 Å². The number of nitrogens with two attached hydrogens (primary N) is 1. The Kier molecular flexibility index (Phi) is 3.40. The molecular weight excluding hydrogens is 277 g/mol. The summed E-state index contributed by atoms with van der Waals surface area (Å²) in [5.41, 5.74) is 6.59. The van der Waals surface area contributed by atoms with E-state index in [4.69, 9.17) is 5.73 Å². The molecule has 1 fully saturated rings. The number of nitrogens with zero attached hydrogens (tertiary/aromatic N) is 1. The van der Waals surface area contributed by atoms with Crippen LogP contribution in [0.25, 0.3) is 10.8 Å². The lowest BCUT2D eigenvalue weighted by Gasteiger charge is -2.38. The van der Waals surface area contributed by atoms with Crippen molar-refractivity contribution in [2.75, 3.05) is 0 Å². The minimum absolute atomic E-state index is 0.0865. The fraction of sp³-hybridized carbons (Fsp3) is 0.438. The molecule has 1 aromatic heterocycles. The predicted molar refractivity (Wildman–Crippen MR) is 75.6 cm³/mol.